The van der Waals surface area contributed by atoms with E-state index in [0.29, 0.717) is 18.1 Å². The van der Waals surface area contributed by atoms with Crippen LogP contribution in [0.4, 0.5) is 17.6 Å². The lowest BCUT2D eigenvalue weighted by Gasteiger charge is -2.26. The van der Waals surface area contributed by atoms with Crippen molar-refractivity contribution < 1.29 is 27.1 Å². The van der Waals surface area contributed by atoms with Gasteiger partial charge in [0.2, 0.25) is 0 Å². The molecule has 4 nitrogen and oxygen atoms in total. The molecule has 0 fully saturated rings. The fourth-order valence-corrected chi connectivity index (χ4v) is 1.61. The number of carbonyl (C=O) groups excluding carboxylic acids is 1. The molecule has 0 spiro atoms. The minimum atomic E-state index is -5.02. The Bertz CT molecular complexity index is 641. The molecule has 21 heavy (non-hydrogen) atoms. The predicted molar refractivity (Wildman–Crippen MR) is 64.0 cm³/mol. The molecular weight excluding hydrogens is 292 g/mol. The van der Waals surface area contributed by atoms with Crippen LogP contribution >= 0.6 is 0 Å². The Balaban J connectivity index is 2.25. The third kappa shape index (κ3) is 2.74. The summed E-state index contributed by atoms with van der Waals surface area (Å²) in [5, 5.41) is 0. The molecule has 0 N–H and O–H groups in total. The number of nitrogens with zero attached hydrogens (tertiary/aromatic N) is 2. The van der Waals surface area contributed by atoms with Gasteiger partial charge in [-0.3, -0.25) is 4.57 Å². The van der Waals surface area contributed by atoms with Gasteiger partial charge in [0.05, 0.1) is 11.9 Å². The number of hydrogen-bond acceptors (Lipinski definition) is 3. The second-order valence-corrected chi connectivity index (χ2v) is 4.23. The van der Waals surface area contributed by atoms with Gasteiger partial charge >= 0.3 is 18.1 Å². The van der Waals surface area contributed by atoms with E-state index in [-0.39, 0.29) is 10.1 Å². The molecule has 2 rings (SSSR count). The van der Waals surface area contributed by atoms with E-state index in [2.05, 4.69) is 9.72 Å². The lowest BCUT2D eigenvalue weighted by Crippen LogP contribution is -2.45. The van der Waals surface area contributed by atoms with Gasteiger partial charge in [-0.15, -0.1) is 0 Å². The second kappa shape index (κ2) is 5.19. The molecule has 0 bridgehead atoms. The van der Waals surface area contributed by atoms with Crippen LogP contribution in [-0.4, -0.2) is 21.6 Å². The largest absolute Gasteiger partial charge is 0.489 e. The summed E-state index contributed by atoms with van der Waals surface area (Å²) < 4.78 is 58.1. The fourth-order valence-electron chi connectivity index (χ4n) is 1.61. The number of hydrogen-bond donors (Lipinski definition) is 0. The summed E-state index contributed by atoms with van der Waals surface area (Å²) in [5.74, 6) is -1.53. The fraction of sp³-hybridized carbons (Fsp3) is 0.231. The lowest BCUT2D eigenvalue weighted by molar-refractivity contribution is -0.358. The highest BCUT2D eigenvalue weighted by Crippen LogP contribution is 2.39. The molecule has 1 aromatic heterocycles. The van der Waals surface area contributed by atoms with E-state index in [1.54, 1.807) is 6.07 Å². The molecule has 0 aliphatic rings. The van der Waals surface area contributed by atoms with E-state index < -0.39 is 18.1 Å². The van der Waals surface area contributed by atoms with Crippen LogP contribution in [0, 0.1) is 6.92 Å². The smallest absolute Gasteiger partial charge is 0.391 e. The van der Waals surface area contributed by atoms with Crippen LogP contribution < -0.4 is 0 Å². The van der Waals surface area contributed by atoms with Crippen LogP contribution in [0.15, 0.2) is 43.0 Å². The van der Waals surface area contributed by atoms with Crippen molar-refractivity contribution in [2.24, 2.45) is 0 Å². The SMILES string of the molecule is Cc1ccccc1C(=O)OC(F)(F)C(F)(F)n1ccnc1. The lowest BCUT2D eigenvalue weighted by atomic mass is 10.1. The Kier molecular flexibility index (Phi) is 3.71. The number of rotatable bonds is 4. The third-order valence-corrected chi connectivity index (χ3v) is 2.76. The number of aryl methyl sites for hydroxylation is 1. The van der Waals surface area contributed by atoms with E-state index in [1.165, 1.54) is 25.1 Å². The summed E-state index contributed by atoms with van der Waals surface area (Å²) in [6, 6.07) is 0.924. The highest BCUT2D eigenvalue weighted by atomic mass is 19.3. The summed E-state index contributed by atoms with van der Waals surface area (Å²) in [6.07, 6.45) is -2.95. The van der Waals surface area contributed by atoms with Gasteiger partial charge in [-0.05, 0) is 18.6 Å². The van der Waals surface area contributed by atoms with E-state index in [9.17, 15) is 22.4 Å². The average Bonchev–Trinajstić information content (AvgIpc) is 2.92. The van der Waals surface area contributed by atoms with Gasteiger partial charge in [0.15, 0.2) is 0 Å². The molecule has 2 aromatic rings. The van der Waals surface area contributed by atoms with Gasteiger partial charge in [0.1, 0.15) is 0 Å². The Hall–Kier alpha value is -2.38. The van der Waals surface area contributed by atoms with Crippen LogP contribution in [0.1, 0.15) is 15.9 Å². The maximum Gasteiger partial charge on any atom is 0.489 e. The number of esters is 1. The van der Waals surface area contributed by atoms with E-state index in [4.69, 9.17) is 0 Å². The molecule has 0 atom stereocenters. The summed E-state index contributed by atoms with van der Waals surface area (Å²) in [7, 11) is 0. The zero-order chi connectivity index (χ0) is 15.7. The van der Waals surface area contributed by atoms with Crippen molar-refractivity contribution in [1.29, 1.82) is 0 Å². The number of imidazole rings is 1. The number of ether oxygens (including phenoxy) is 1. The molecule has 0 aliphatic heterocycles. The van der Waals surface area contributed by atoms with Gasteiger partial charge < -0.3 is 4.74 Å². The second-order valence-electron chi connectivity index (χ2n) is 4.23. The zero-order valence-corrected chi connectivity index (χ0v) is 10.8. The van der Waals surface area contributed by atoms with Crippen LogP contribution in [0.2, 0.25) is 0 Å². The Labute approximate surface area is 117 Å². The van der Waals surface area contributed by atoms with Crippen molar-refractivity contribution >= 4 is 5.97 Å². The number of alkyl halides is 4. The number of benzene rings is 1. The van der Waals surface area contributed by atoms with E-state index in [1.807, 2.05) is 0 Å². The highest BCUT2D eigenvalue weighted by molar-refractivity contribution is 5.91. The minimum absolute atomic E-state index is 0.127. The topological polar surface area (TPSA) is 44.1 Å². The Morgan fingerprint density at radius 1 is 1.24 bits per heavy atom. The maximum absolute atomic E-state index is 13.6. The molecule has 0 amide bonds. The van der Waals surface area contributed by atoms with Crippen molar-refractivity contribution in [3.8, 4) is 0 Å². The monoisotopic (exact) mass is 302 g/mol. The normalized spacial score (nSPS) is 12.2. The van der Waals surface area contributed by atoms with Crippen molar-refractivity contribution in [2.75, 3.05) is 0 Å². The van der Waals surface area contributed by atoms with E-state index >= 15 is 0 Å². The molecule has 1 heterocycles. The van der Waals surface area contributed by atoms with Gasteiger partial charge in [-0.1, -0.05) is 18.2 Å². The summed E-state index contributed by atoms with van der Waals surface area (Å²) in [4.78, 5) is 14.9. The van der Waals surface area contributed by atoms with Gasteiger partial charge in [-0.25, -0.2) is 9.78 Å². The molecule has 112 valence electrons. The molecular formula is C13H10F4N2O2. The first-order valence-electron chi connectivity index (χ1n) is 5.79. The van der Waals surface area contributed by atoms with Crippen molar-refractivity contribution in [3.63, 3.8) is 0 Å². The minimum Gasteiger partial charge on any atom is -0.391 e. The van der Waals surface area contributed by atoms with E-state index in [0.717, 1.165) is 6.20 Å². The molecule has 0 unspecified atom stereocenters. The van der Waals surface area contributed by atoms with Gasteiger partial charge in [0.25, 0.3) is 0 Å². The van der Waals surface area contributed by atoms with Crippen LogP contribution in [0.25, 0.3) is 0 Å². The highest BCUT2D eigenvalue weighted by Gasteiger charge is 2.62. The summed E-state index contributed by atoms with van der Waals surface area (Å²) >= 11 is 0. The first kappa shape index (κ1) is 15.0. The molecule has 0 radical (unpaired) electrons. The summed E-state index contributed by atoms with van der Waals surface area (Å²) in [5.41, 5.74) is 0.128. The number of aromatic nitrogens is 2. The quantitative estimate of drug-likeness (QED) is 0.643. The Morgan fingerprint density at radius 2 is 1.90 bits per heavy atom. The van der Waals surface area contributed by atoms with Gasteiger partial charge in [-0.2, -0.15) is 17.6 Å². The molecule has 0 saturated carbocycles. The standard InChI is InChI=1S/C13H10F4N2O2/c1-9-4-2-3-5-10(9)11(20)21-13(16,17)12(14,15)19-7-6-18-8-19/h2-8H,1H3. The third-order valence-electron chi connectivity index (χ3n) is 2.76. The van der Waals surface area contributed by atoms with Crippen LogP contribution in [-0.2, 0) is 10.8 Å². The maximum atomic E-state index is 13.6. The molecule has 8 heteroatoms. The zero-order valence-electron chi connectivity index (χ0n) is 10.8. The van der Waals surface area contributed by atoms with Gasteiger partial charge in [0, 0.05) is 12.4 Å². The number of halogens is 4. The first-order chi connectivity index (χ1) is 9.75. The van der Waals surface area contributed by atoms with Crippen molar-refractivity contribution in [2.45, 2.75) is 19.1 Å². The molecule has 0 aliphatic carbocycles. The number of carbonyl (C=O) groups is 1. The molecule has 0 saturated heterocycles. The Morgan fingerprint density at radius 3 is 2.48 bits per heavy atom. The van der Waals surface area contributed by atoms with Crippen molar-refractivity contribution in [1.82, 2.24) is 9.55 Å². The summed E-state index contributed by atoms with van der Waals surface area (Å²) in [6.45, 7) is 1.47. The average molecular weight is 302 g/mol. The van der Waals surface area contributed by atoms with Crippen LogP contribution in [0.3, 0.4) is 0 Å². The first-order valence-corrected chi connectivity index (χ1v) is 5.79. The molecule has 1 aromatic carbocycles. The van der Waals surface area contributed by atoms with Crippen molar-refractivity contribution in [3.05, 3.63) is 54.1 Å². The predicted octanol–water partition coefficient (Wildman–Crippen LogP) is 3.19. The van der Waals surface area contributed by atoms with Crippen LogP contribution in [0.5, 0.6) is 0 Å².